The molecule has 112 valence electrons. The molecule has 2 rings (SSSR count). The van der Waals surface area contributed by atoms with Gasteiger partial charge in [0.25, 0.3) is 0 Å². The third-order valence-electron chi connectivity index (χ3n) is 5.74. The predicted octanol–water partition coefficient (Wildman–Crippen LogP) is 3.86. The van der Waals surface area contributed by atoms with Crippen LogP contribution in [0.3, 0.4) is 0 Å². The van der Waals surface area contributed by atoms with E-state index in [4.69, 9.17) is 5.73 Å². The van der Waals surface area contributed by atoms with Crippen LogP contribution >= 0.6 is 0 Å². The van der Waals surface area contributed by atoms with Gasteiger partial charge in [0.1, 0.15) is 0 Å². The number of benzene rings is 1. The SMILES string of the molecule is CCC(C)(C)N(C)C1(CN)CCC(C)c2ccccc21. The van der Waals surface area contributed by atoms with E-state index in [0.717, 1.165) is 12.8 Å². The smallest absolute Gasteiger partial charge is 0.0588 e. The lowest BCUT2D eigenvalue weighted by Gasteiger charge is -2.53. The van der Waals surface area contributed by atoms with Crippen LogP contribution in [0.4, 0.5) is 0 Å². The van der Waals surface area contributed by atoms with Crippen LogP contribution in [0.25, 0.3) is 0 Å². The van der Waals surface area contributed by atoms with Gasteiger partial charge in [-0.3, -0.25) is 4.90 Å². The Morgan fingerprint density at radius 2 is 2.00 bits per heavy atom. The molecule has 1 aromatic rings. The molecule has 2 N–H and O–H groups in total. The number of fused-ring (bicyclic) bond motifs is 1. The summed E-state index contributed by atoms with van der Waals surface area (Å²) in [5, 5.41) is 0. The molecule has 0 spiro atoms. The Hall–Kier alpha value is -0.860. The van der Waals surface area contributed by atoms with E-state index in [2.05, 4.69) is 63.9 Å². The number of likely N-dealkylation sites (N-methyl/N-ethyl adjacent to an activating group) is 1. The van der Waals surface area contributed by atoms with E-state index in [1.807, 2.05) is 0 Å². The summed E-state index contributed by atoms with van der Waals surface area (Å²) in [4.78, 5) is 2.53. The monoisotopic (exact) mass is 274 g/mol. The second kappa shape index (κ2) is 5.50. The maximum atomic E-state index is 6.31. The average Bonchev–Trinajstić information content (AvgIpc) is 2.48. The summed E-state index contributed by atoms with van der Waals surface area (Å²) >= 11 is 0. The van der Waals surface area contributed by atoms with E-state index in [-0.39, 0.29) is 11.1 Å². The van der Waals surface area contributed by atoms with Gasteiger partial charge in [-0.2, -0.15) is 0 Å². The van der Waals surface area contributed by atoms with Crippen molar-refractivity contribution >= 4 is 0 Å². The van der Waals surface area contributed by atoms with E-state index in [1.54, 1.807) is 0 Å². The molecule has 1 aromatic carbocycles. The van der Waals surface area contributed by atoms with Crippen LogP contribution in [0.2, 0.25) is 0 Å². The predicted molar refractivity (Wildman–Crippen MR) is 87.0 cm³/mol. The minimum Gasteiger partial charge on any atom is -0.328 e. The van der Waals surface area contributed by atoms with Crippen molar-refractivity contribution in [2.24, 2.45) is 5.73 Å². The average molecular weight is 274 g/mol. The summed E-state index contributed by atoms with van der Waals surface area (Å²) < 4.78 is 0. The number of nitrogens with two attached hydrogens (primary N) is 1. The molecule has 2 atom stereocenters. The first kappa shape index (κ1) is 15.5. The Morgan fingerprint density at radius 1 is 1.35 bits per heavy atom. The summed E-state index contributed by atoms with van der Waals surface area (Å²) in [6.07, 6.45) is 3.50. The highest BCUT2D eigenvalue weighted by atomic mass is 15.2. The third kappa shape index (κ3) is 2.29. The zero-order valence-electron chi connectivity index (χ0n) is 13.7. The molecule has 1 aliphatic rings. The molecule has 20 heavy (non-hydrogen) atoms. The molecule has 0 saturated heterocycles. The van der Waals surface area contributed by atoms with Crippen LogP contribution in [-0.4, -0.2) is 24.0 Å². The highest BCUT2D eigenvalue weighted by Crippen LogP contribution is 2.46. The number of nitrogens with zero attached hydrogens (tertiary/aromatic N) is 1. The lowest BCUT2D eigenvalue weighted by molar-refractivity contribution is 0.00657. The molecule has 1 aliphatic carbocycles. The molecule has 0 radical (unpaired) electrons. The molecule has 0 bridgehead atoms. The van der Waals surface area contributed by atoms with E-state index in [0.29, 0.717) is 12.5 Å². The topological polar surface area (TPSA) is 29.3 Å². The molecular formula is C18H30N2. The lowest BCUT2D eigenvalue weighted by Crippen LogP contribution is -2.59. The minimum atomic E-state index is -0.0113. The van der Waals surface area contributed by atoms with Gasteiger partial charge >= 0.3 is 0 Å². The Bertz CT molecular complexity index is 466. The third-order valence-corrected chi connectivity index (χ3v) is 5.74. The van der Waals surface area contributed by atoms with E-state index in [9.17, 15) is 0 Å². The van der Waals surface area contributed by atoms with Crippen LogP contribution in [-0.2, 0) is 5.54 Å². The van der Waals surface area contributed by atoms with Crippen molar-refractivity contribution in [2.75, 3.05) is 13.6 Å². The number of hydrogen-bond acceptors (Lipinski definition) is 2. The Morgan fingerprint density at radius 3 is 2.60 bits per heavy atom. The molecule has 0 aliphatic heterocycles. The maximum Gasteiger partial charge on any atom is 0.0588 e. The molecule has 0 heterocycles. The first-order valence-corrected chi connectivity index (χ1v) is 7.92. The Labute approximate surface area is 124 Å². The summed E-state index contributed by atoms with van der Waals surface area (Å²) in [7, 11) is 2.25. The van der Waals surface area contributed by atoms with Crippen LogP contribution < -0.4 is 5.73 Å². The van der Waals surface area contributed by atoms with E-state index in [1.165, 1.54) is 17.5 Å². The zero-order valence-corrected chi connectivity index (χ0v) is 13.7. The standard InChI is InChI=1S/C18H30N2/c1-6-17(3,4)20(5)18(13-19)12-11-14(2)15-9-7-8-10-16(15)18/h7-10,14H,6,11-13,19H2,1-5H3. The van der Waals surface area contributed by atoms with Gasteiger partial charge in [-0.15, -0.1) is 0 Å². The fourth-order valence-electron chi connectivity index (χ4n) is 3.61. The van der Waals surface area contributed by atoms with Crippen LogP contribution in [0.15, 0.2) is 24.3 Å². The summed E-state index contributed by atoms with van der Waals surface area (Å²) in [6, 6.07) is 8.90. The van der Waals surface area contributed by atoms with Gasteiger partial charge in [-0.1, -0.05) is 38.1 Å². The van der Waals surface area contributed by atoms with Crippen LogP contribution in [0.1, 0.15) is 64.0 Å². The van der Waals surface area contributed by atoms with Crippen molar-refractivity contribution in [3.8, 4) is 0 Å². The molecule has 2 nitrogen and oxygen atoms in total. The summed E-state index contributed by atoms with van der Waals surface area (Å²) in [5.41, 5.74) is 9.40. The van der Waals surface area contributed by atoms with Gasteiger partial charge in [0.15, 0.2) is 0 Å². The highest BCUT2D eigenvalue weighted by Gasteiger charge is 2.44. The highest BCUT2D eigenvalue weighted by molar-refractivity contribution is 5.39. The summed E-state index contributed by atoms with van der Waals surface area (Å²) in [6.45, 7) is 9.94. The first-order chi connectivity index (χ1) is 9.39. The molecule has 0 aromatic heterocycles. The maximum absolute atomic E-state index is 6.31. The van der Waals surface area contributed by atoms with Gasteiger partial charge in [0.05, 0.1) is 5.54 Å². The van der Waals surface area contributed by atoms with Crippen molar-refractivity contribution in [3.63, 3.8) is 0 Å². The molecule has 0 saturated carbocycles. The molecule has 2 unspecified atom stereocenters. The molecule has 0 fully saturated rings. The minimum absolute atomic E-state index is 0.0113. The molecule has 0 amide bonds. The fourth-order valence-corrected chi connectivity index (χ4v) is 3.61. The van der Waals surface area contributed by atoms with Crippen molar-refractivity contribution in [1.29, 1.82) is 0 Å². The van der Waals surface area contributed by atoms with Crippen molar-refractivity contribution < 1.29 is 0 Å². The van der Waals surface area contributed by atoms with Gasteiger partial charge in [0, 0.05) is 12.1 Å². The van der Waals surface area contributed by atoms with Gasteiger partial charge in [0.2, 0.25) is 0 Å². The van der Waals surface area contributed by atoms with Gasteiger partial charge < -0.3 is 5.73 Å². The second-order valence-corrected chi connectivity index (χ2v) is 6.99. The van der Waals surface area contributed by atoms with Crippen LogP contribution in [0.5, 0.6) is 0 Å². The number of rotatable bonds is 4. The Kier molecular flexibility index (Phi) is 4.27. The van der Waals surface area contributed by atoms with E-state index >= 15 is 0 Å². The fraction of sp³-hybridized carbons (Fsp3) is 0.667. The van der Waals surface area contributed by atoms with Crippen molar-refractivity contribution in [3.05, 3.63) is 35.4 Å². The number of hydrogen-bond donors (Lipinski definition) is 1. The second-order valence-electron chi connectivity index (χ2n) is 6.99. The zero-order chi connectivity index (χ0) is 15.0. The first-order valence-electron chi connectivity index (χ1n) is 7.92. The summed E-state index contributed by atoms with van der Waals surface area (Å²) in [5.74, 6) is 0.643. The van der Waals surface area contributed by atoms with E-state index < -0.39 is 0 Å². The van der Waals surface area contributed by atoms with Crippen molar-refractivity contribution in [1.82, 2.24) is 4.90 Å². The Balaban J connectivity index is 2.55. The van der Waals surface area contributed by atoms with Gasteiger partial charge in [-0.25, -0.2) is 0 Å². The normalized spacial score (nSPS) is 26.6. The van der Waals surface area contributed by atoms with Crippen LogP contribution in [0, 0.1) is 0 Å². The molecular weight excluding hydrogens is 244 g/mol. The van der Waals surface area contributed by atoms with Gasteiger partial charge in [-0.05, 0) is 57.2 Å². The lowest BCUT2D eigenvalue weighted by atomic mass is 9.70. The van der Waals surface area contributed by atoms with Crippen molar-refractivity contribution in [2.45, 2.75) is 64.0 Å². The molecule has 2 heteroatoms. The quantitative estimate of drug-likeness (QED) is 0.903. The largest absolute Gasteiger partial charge is 0.328 e.